The molecule has 0 atom stereocenters. The quantitative estimate of drug-likeness (QED) is 0.777. The Morgan fingerprint density at radius 3 is 2.42 bits per heavy atom. The molecule has 0 aliphatic rings. The molecule has 3 rings (SSSR count). The van der Waals surface area contributed by atoms with E-state index in [2.05, 4.69) is 10.1 Å². The Bertz CT molecular complexity index is 659. The molecule has 0 amide bonds. The Morgan fingerprint density at radius 2 is 1.79 bits per heavy atom. The van der Waals surface area contributed by atoms with Crippen LogP contribution in [0.15, 0.2) is 59.4 Å². The SMILES string of the molecule is NCc1cc(-c2ccc(-c3cccnc3)cc2)no1. The van der Waals surface area contributed by atoms with Crippen LogP contribution in [0.4, 0.5) is 0 Å². The Morgan fingerprint density at radius 1 is 1.00 bits per heavy atom. The molecule has 2 aromatic heterocycles. The highest BCUT2D eigenvalue weighted by Gasteiger charge is 2.05. The lowest BCUT2D eigenvalue weighted by Crippen LogP contribution is -1.92. The zero-order chi connectivity index (χ0) is 13.1. The van der Waals surface area contributed by atoms with Crippen LogP contribution in [0.25, 0.3) is 22.4 Å². The number of nitrogens with two attached hydrogens (primary N) is 1. The van der Waals surface area contributed by atoms with E-state index in [9.17, 15) is 0 Å². The van der Waals surface area contributed by atoms with Crippen molar-refractivity contribution in [3.63, 3.8) is 0 Å². The van der Waals surface area contributed by atoms with Crippen molar-refractivity contribution < 1.29 is 4.52 Å². The minimum Gasteiger partial charge on any atom is -0.359 e. The molecule has 0 aliphatic carbocycles. The summed E-state index contributed by atoms with van der Waals surface area (Å²) in [6, 6.07) is 13.9. The van der Waals surface area contributed by atoms with Gasteiger partial charge in [0, 0.05) is 24.0 Å². The van der Waals surface area contributed by atoms with Crippen molar-refractivity contribution in [3.05, 3.63) is 60.6 Å². The fourth-order valence-corrected chi connectivity index (χ4v) is 1.91. The van der Waals surface area contributed by atoms with Crippen LogP contribution in [0.1, 0.15) is 5.76 Å². The smallest absolute Gasteiger partial charge is 0.150 e. The lowest BCUT2D eigenvalue weighted by Gasteiger charge is -2.01. The molecule has 0 unspecified atom stereocenters. The van der Waals surface area contributed by atoms with E-state index < -0.39 is 0 Å². The molecule has 0 bridgehead atoms. The second-order valence-corrected chi connectivity index (χ2v) is 4.20. The topological polar surface area (TPSA) is 64.9 Å². The molecule has 2 heterocycles. The summed E-state index contributed by atoms with van der Waals surface area (Å²) < 4.78 is 5.10. The molecular weight excluding hydrogens is 238 g/mol. The number of benzene rings is 1. The average Bonchev–Trinajstić information content (AvgIpc) is 2.97. The highest BCUT2D eigenvalue weighted by Crippen LogP contribution is 2.24. The second-order valence-electron chi connectivity index (χ2n) is 4.20. The average molecular weight is 251 g/mol. The Hall–Kier alpha value is -2.46. The van der Waals surface area contributed by atoms with E-state index >= 15 is 0 Å². The zero-order valence-electron chi connectivity index (χ0n) is 10.3. The molecule has 2 N–H and O–H groups in total. The van der Waals surface area contributed by atoms with Crippen LogP contribution in [-0.4, -0.2) is 10.1 Å². The number of aromatic nitrogens is 2. The van der Waals surface area contributed by atoms with Gasteiger partial charge in [-0.05, 0) is 17.2 Å². The first-order valence-corrected chi connectivity index (χ1v) is 6.03. The van der Waals surface area contributed by atoms with Crippen molar-refractivity contribution in [3.8, 4) is 22.4 Å². The van der Waals surface area contributed by atoms with Gasteiger partial charge in [-0.1, -0.05) is 35.5 Å². The molecule has 0 saturated carbocycles. The van der Waals surface area contributed by atoms with Gasteiger partial charge in [0.05, 0.1) is 6.54 Å². The fraction of sp³-hybridized carbons (Fsp3) is 0.0667. The summed E-state index contributed by atoms with van der Waals surface area (Å²) in [5, 5.41) is 3.99. The minimum absolute atomic E-state index is 0.362. The van der Waals surface area contributed by atoms with Gasteiger partial charge in [-0.15, -0.1) is 0 Å². The van der Waals surface area contributed by atoms with Crippen molar-refractivity contribution in [2.45, 2.75) is 6.54 Å². The molecule has 0 spiro atoms. The number of hydrogen-bond donors (Lipinski definition) is 1. The maximum absolute atomic E-state index is 5.50. The standard InChI is InChI=1S/C15H13N3O/c16-9-14-8-15(18-19-14)12-5-3-11(4-6-12)13-2-1-7-17-10-13/h1-8,10H,9,16H2. The summed E-state index contributed by atoms with van der Waals surface area (Å²) in [6.07, 6.45) is 3.61. The van der Waals surface area contributed by atoms with Crippen molar-refractivity contribution >= 4 is 0 Å². The van der Waals surface area contributed by atoms with Crippen LogP contribution >= 0.6 is 0 Å². The largest absolute Gasteiger partial charge is 0.359 e. The van der Waals surface area contributed by atoms with Crippen LogP contribution in [0.2, 0.25) is 0 Å². The normalized spacial score (nSPS) is 10.6. The minimum atomic E-state index is 0.362. The van der Waals surface area contributed by atoms with E-state index in [0.29, 0.717) is 12.3 Å². The first kappa shape index (κ1) is 11.6. The summed E-state index contributed by atoms with van der Waals surface area (Å²) >= 11 is 0. The van der Waals surface area contributed by atoms with Gasteiger partial charge >= 0.3 is 0 Å². The zero-order valence-corrected chi connectivity index (χ0v) is 10.3. The number of nitrogens with zero attached hydrogens (tertiary/aromatic N) is 2. The highest BCUT2D eigenvalue weighted by atomic mass is 16.5. The second kappa shape index (κ2) is 5.04. The van der Waals surface area contributed by atoms with Crippen molar-refractivity contribution in [2.24, 2.45) is 5.73 Å². The van der Waals surface area contributed by atoms with E-state index in [0.717, 1.165) is 22.4 Å². The molecule has 0 saturated heterocycles. The Kier molecular flexibility index (Phi) is 3.08. The molecule has 94 valence electrons. The summed E-state index contributed by atoms with van der Waals surface area (Å²) in [6.45, 7) is 0.362. The lowest BCUT2D eigenvalue weighted by atomic mass is 10.0. The van der Waals surface area contributed by atoms with Crippen LogP contribution in [0, 0.1) is 0 Å². The summed E-state index contributed by atoms with van der Waals surface area (Å²) in [5.74, 6) is 0.686. The third-order valence-corrected chi connectivity index (χ3v) is 2.94. The van der Waals surface area contributed by atoms with Gasteiger partial charge in [-0.2, -0.15) is 0 Å². The van der Waals surface area contributed by atoms with E-state index in [1.54, 1.807) is 6.20 Å². The molecule has 3 aromatic rings. The van der Waals surface area contributed by atoms with E-state index in [4.69, 9.17) is 10.3 Å². The summed E-state index contributed by atoms with van der Waals surface area (Å²) in [4.78, 5) is 4.11. The van der Waals surface area contributed by atoms with Crippen LogP contribution in [-0.2, 0) is 6.54 Å². The molecule has 4 heteroatoms. The van der Waals surface area contributed by atoms with E-state index in [-0.39, 0.29) is 0 Å². The van der Waals surface area contributed by atoms with Gasteiger partial charge in [0.1, 0.15) is 5.69 Å². The third kappa shape index (κ3) is 2.39. The predicted octanol–water partition coefficient (Wildman–Crippen LogP) is 2.86. The number of hydrogen-bond acceptors (Lipinski definition) is 4. The summed E-state index contributed by atoms with van der Waals surface area (Å²) in [5.41, 5.74) is 9.53. The molecule has 0 aliphatic heterocycles. The van der Waals surface area contributed by atoms with E-state index in [1.165, 1.54) is 0 Å². The van der Waals surface area contributed by atoms with Crippen molar-refractivity contribution in [1.82, 2.24) is 10.1 Å². The maximum atomic E-state index is 5.50. The molecule has 0 radical (unpaired) electrons. The highest BCUT2D eigenvalue weighted by molar-refractivity contribution is 5.68. The molecule has 1 aromatic carbocycles. The molecule has 4 nitrogen and oxygen atoms in total. The van der Waals surface area contributed by atoms with Crippen molar-refractivity contribution in [2.75, 3.05) is 0 Å². The van der Waals surface area contributed by atoms with E-state index in [1.807, 2.05) is 48.7 Å². The first-order chi connectivity index (χ1) is 9.36. The van der Waals surface area contributed by atoms with Crippen LogP contribution < -0.4 is 5.73 Å². The Labute approximate surface area is 110 Å². The summed E-state index contributed by atoms with van der Waals surface area (Å²) in [7, 11) is 0. The molecular formula is C15H13N3O. The van der Waals surface area contributed by atoms with Gasteiger partial charge in [0.25, 0.3) is 0 Å². The number of rotatable bonds is 3. The van der Waals surface area contributed by atoms with Crippen LogP contribution in [0.3, 0.4) is 0 Å². The van der Waals surface area contributed by atoms with Gasteiger partial charge in [-0.25, -0.2) is 0 Å². The third-order valence-electron chi connectivity index (χ3n) is 2.94. The van der Waals surface area contributed by atoms with Crippen molar-refractivity contribution in [1.29, 1.82) is 0 Å². The maximum Gasteiger partial charge on any atom is 0.150 e. The first-order valence-electron chi connectivity index (χ1n) is 6.03. The Balaban J connectivity index is 1.90. The monoisotopic (exact) mass is 251 g/mol. The molecule has 19 heavy (non-hydrogen) atoms. The number of pyridine rings is 1. The van der Waals surface area contributed by atoms with Gasteiger partial charge in [0.2, 0.25) is 0 Å². The van der Waals surface area contributed by atoms with Gasteiger partial charge in [0.15, 0.2) is 5.76 Å². The van der Waals surface area contributed by atoms with Crippen LogP contribution in [0.5, 0.6) is 0 Å². The fourth-order valence-electron chi connectivity index (χ4n) is 1.91. The van der Waals surface area contributed by atoms with Gasteiger partial charge < -0.3 is 10.3 Å². The lowest BCUT2D eigenvalue weighted by molar-refractivity contribution is 0.387. The predicted molar refractivity (Wildman–Crippen MR) is 73.1 cm³/mol. The van der Waals surface area contributed by atoms with Gasteiger partial charge in [-0.3, -0.25) is 4.98 Å². The molecule has 0 fully saturated rings.